The molecule has 100 valence electrons. The molecular weight excluding hydrogens is 361 g/mol. The van der Waals surface area contributed by atoms with Gasteiger partial charge in [0.2, 0.25) is 0 Å². The summed E-state index contributed by atoms with van der Waals surface area (Å²) in [4.78, 5) is 14.1. The molecule has 0 N–H and O–H groups in total. The van der Waals surface area contributed by atoms with Gasteiger partial charge >= 0.3 is 0 Å². The Morgan fingerprint density at radius 1 is 1.39 bits per heavy atom. The number of benzene rings is 1. The second-order valence-corrected chi connectivity index (χ2v) is 6.59. The molecule has 1 atom stereocenters. The topological polar surface area (TPSA) is 20.3 Å². The molecule has 18 heavy (non-hydrogen) atoms. The first-order valence-electron chi connectivity index (χ1n) is 6.05. The average molecular weight is 380 g/mol. The lowest BCUT2D eigenvalue weighted by molar-refractivity contribution is 0.0728. The number of hydrogen-bond acceptors (Lipinski definition) is 1. The van der Waals surface area contributed by atoms with E-state index in [1.807, 2.05) is 19.2 Å². The van der Waals surface area contributed by atoms with Crippen molar-refractivity contribution in [2.45, 2.75) is 33.2 Å². The van der Waals surface area contributed by atoms with Crippen LogP contribution >= 0.6 is 34.2 Å². The van der Waals surface area contributed by atoms with Gasteiger partial charge in [-0.3, -0.25) is 4.79 Å². The predicted octanol–water partition coefficient (Wildman–Crippen LogP) is 4.45. The van der Waals surface area contributed by atoms with E-state index in [0.717, 1.165) is 9.99 Å². The van der Waals surface area contributed by atoms with E-state index in [0.29, 0.717) is 16.5 Å². The van der Waals surface area contributed by atoms with Crippen molar-refractivity contribution in [1.29, 1.82) is 0 Å². The van der Waals surface area contributed by atoms with E-state index in [9.17, 15) is 4.79 Å². The maximum absolute atomic E-state index is 12.3. The number of hydrogen-bond donors (Lipinski definition) is 0. The molecular formula is C14H19ClINO. The molecule has 1 amide bonds. The minimum Gasteiger partial charge on any atom is -0.339 e. The highest BCUT2D eigenvalue weighted by atomic mass is 127. The van der Waals surface area contributed by atoms with E-state index >= 15 is 0 Å². The van der Waals surface area contributed by atoms with Gasteiger partial charge in [-0.1, -0.05) is 25.4 Å². The number of rotatable bonds is 4. The van der Waals surface area contributed by atoms with Crippen LogP contribution in [0.25, 0.3) is 0 Å². The van der Waals surface area contributed by atoms with Gasteiger partial charge in [-0.05, 0) is 60.1 Å². The molecule has 0 fully saturated rings. The molecule has 4 heteroatoms. The van der Waals surface area contributed by atoms with E-state index in [2.05, 4.69) is 43.4 Å². The molecule has 2 nitrogen and oxygen atoms in total. The molecule has 1 aromatic rings. The molecule has 0 aliphatic heterocycles. The van der Waals surface area contributed by atoms with Gasteiger partial charge in [0, 0.05) is 22.2 Å². The van der Waals surface area contributed by atoms with E-state index in [-0.39, 0.29) is 11.9 Å². The lowest BCUT2D eigenvalue weighted by Gasteiger charge is -2.26. The fraction of sp³-hybridized carbons (Fsp3) is 0.500. The van der Waals surface area contributed by atoms with Crippen molar-refractivity contribution in [3.8, 4) is 0 Å². The maximum Gasteiger partial charge on any atom is 0.253 e. The van der Waals surface area contributed by atoms with Gasteiger partial charge in [-0.25, -0.2) is 0 Å². The van der Waals surface area contributed by atoms with E-state index in [4.69, 9.17) is 11.6 Å². The Labute approximate surface area is 128 Å². The standard InChI is InChI=1S/C14H19ClINO/c1-9(2)7-10(3)17(4)14(18)11-5-6-13(16)12(15)8-11/h5-6,8-10H,7H2,1-4H3. The fourth-order valence-corrected chi connectivity index (χ4v) is 2.39. The first-order chi connectivity index (χ1) is 8.32. The van der Waals surface area contributed by atoms with Crippen molar-refractivity contribution in [3.05, 3.63) is 32.4 Å². The third-order valence-electron chi connectivity index (χ3n) is 2.96. The molecule has 0 aliphatic carbocycles. The summed E-state index contributed by atoms with van der Waals surface area (Å²) in [6, 6.07) is 5.67. The molecule has 0 spiro atoms. The van der Waals surface area contributed by atoms with Crippen LogP contribution in [0.3, 0.4) is 0 Å². The molecule has 0 aliphatic rings. The Hall–Kier alpha value is -0.290. The summed E-state index contributed by atoms with van der Waals surface area (Å²) in [7, 11) is 1.85. The van der Waals surface area contributed by atoms with E-state index in [1.165, 1.54) is 0 Å². The highest BCUT2D eigenvalue weighted by Gasteiger charge is 2.18. The van der Waals surface area contributed by atoms with Gasteiger partial charge in [-0.2, -0.15) is 0 Å². The SMILES string of the molecule is CC(C)CC(C)N(C)C(=O)c1ccc(I)c(Cl)c1. The van der Waals surface area contributed by atoms with Crippen LogP contribution in [0.15, 0.2) is 18.2 Å². The number of amides is 1. The van der Waals surface area contributed by atoms with Crippen LogP contribution < -0.4 is 0 Å². The number of carbonyl (C=O) groups excluding carboxylic acids is 1. The van der Waals surface area contributed by atoms with Crippen molar-refractivity contribution < 1.29 is 4.79 Å². The molecule has 1 aromatic carbocycles. The molecule has 0 radical (unpaired) electrons. The highest BCUT2D eigenvalue weighted by Crippen LogP contribution is 2.21. The summed E-state index contributed by atoms with van der Waals surface area (Å²) in [5.41, 5.74) is 0.651. The molecule has 1 unspecified atom stereocenters. The number of halogens is 2. The summed E-state index contributed by atoms with van der Waals surface area (Å²) >= 11 is 8.20. The molecule has 0 bridgehead atoms. The Kier molecular flexibility index (Phi) is 5.92. The maximum atomic E-state index is 12.3. The summed E-state index contributed by atoms with van der Waals surface area (Å²) < 4.78 is 0.962. The Balaban J connectivity index is 2.82. The van der Waals surface area contributed by atoms with Crippen LogP contribution in [-0.4, -0.2) is 23.9 Å². The van der Waals surface area contributed by atoms with Gasteiger partial charge < -0.3 is 4.90 Å². The van der Waals surface area contributed by atoms with Crippen molar-refractivity contribution in [2.24, 2.45) is 5.92 Å². The van der Waals surface area contributed by atoms with Crippen molar-refractivity contribution in [1.82, 2.24) is 4.90 Å². The normalized spacial score (nSPS) is 12.6. The smallest absolute Gasteiger partial charge is 0.253 e. The Morgan fingerprint density at radius 3 is 2.50 bits per heavy atom. The third-order valence-corrected chi connectivity index (χ3v) is 4.53. The van der Waals surface area contributed by atoms with Gasteiger partial charge in [-0.15, -0.1) is 0 Å². The molecule has 0 saturated carbocycles. The lowest BCUT2D eigenvalue weighted by atomic mass is 10.0. The monoisotopic (exact) mass is 379 g/mol. The first kappa shape index (κ1) is 15.8. The summed E-state index contributed by atoms with van der Waals surface area (Å²) in [5.74, 6) is 0.608. The third kappa shape index (κ3) is 4.12. The van der Waals surface area contributed by atoms with Crippen LogP contribution in [0.4, 0.5) is 0 Å². The molecule has 0 saturated heterocycles. The minimum absolute atomic E-state index is 0.0291. The zero-order chi connectivity index (χ0) is 13.9. The zero-order valence-electron chi connectivity index (χ0n) is 11.2. The molecule has 1 rings (SSSR count). The summed E-state index contributed by atoms with van der Waals surface area (Å²) in [6.07, 6.45) is 1.00. The van der Waals surface area contributed by atoms with Gasteiger partial charge in [0.05, 0.1) is 5.02 Å². The Bertz CT molecular complexity index is 434. The second-order valence-electron chi connectivity index (χ2n) is 5.02. The number of carbonyl (C=O) groups is 1. The minimum atomic E-state index is 0.0291. The van der Waals surface area contributed by atoms with Crippen LogP contribution in [0, 0.1) is 9.49 Å². The van der Waals surface area contributed by atoms with Crippen LogP contribution in [0.5, 0.6) is 0 Å². The van der Waals surface area contributed by atoms with Gasteiger partial charge in [0.1, 0.15) is 0 Å². The molecule has 0 aromatic heterocycles. The van der Waals surface area contributed by atoms with Crippen molar-refractivity contribution in [2.75, 3.05) is 7.05 Å². The second kappa shape index (κ2) is 6.75. The van der Waals surface area contributed by atoms with Gasteiger partial charge in [0.15, 0.2) is 0 Å². The predicted molar refractivity (Wildman–Crippen MR) is 85.2 cm³/mol. The lowest BCUT2D eigenvalue weighted by Crippen LogP contribution is -2.35. The number of nitrogens with zero attached hydrogens (tertiary/aromatic N) is 1. The average Bonchev–Trinajstić information content (AvgIpc) is 2.30. The Morgan fingerprint density at radius 2 is 2.00 bits per heavy atom. The zero-order valence-corrected chi connectivity index (χ0v) is 14.1. The van der Waals surface area contributed by atoms with E-state index in [1.54, 1.807) is 11.0 Å². The quantitative estimate of drug-likeness (QED) is 0.708. The molecule has 0 heterocycles. The summed E-state index contributed by atoms with van der Waals surface area (Å²) in [6.45, 7) is 6.40. The van der Waals surface area contributed by atoms with Crippen molar-refractivity contribution in [3.63, 3.8) is 0 Å². The van der Waals surface area contributed by atoms with E-state index < -0.39 is 0 Å². The largest absolute Gasteiger partial charge is 0.339 e. The van der Waals surface area contributed by atoms with Crippen LogP contribution in [0.1, 0.15) is 37.6 Å². The fourth-order valence-electron chi connectivity index (χ4n) is 1.87. The van der Waals surface area contributed by atoms with Crippen LogP contribution in [0.2, 0.25) is 5.02 Å². The van der Waals surface area contributed by atoms with Crippen molar-refractivity contribution >= 4 is 40.1 Å². The summed E-state index contributed by atoms with van der Waals surface area (Å²) in [5, 5.41) is 0.631. The van der Waals surface area contributed by atoms with Crippen LogP contribution in [-0.2, 0) is 0 Å². The highest BCUT2D eigenvalue weighted by molar-refractivity contribution is 14.1. The first-order valence-corrected chi connectivity index (χ1v) is 7.50. The van der Waals surface area contributed by atoms with Gasteiger partial charge in [0.25, 0.3) is 5.91 Å².